The van der Waals surface area contributed by atoms with E-state index in [1.165, 1.54) is 57.8 Å². The topological polar surface area (TPSA) is 25.8 Å². The summed E-state index contributed by atoms with van der Waals surface area (Å²) in [5, 5.41) is 1.38. The molecule has 2 aliphatic rings. The van der Waals surface area contributed by atoms with Gasteiger partial charge in [-0.1, -0.05) is 43.7 Å². The quantitative estimate of drug-likeness (QED) is 0.580. The van der Waals surface area contributed by atoms with E-state index in [4.69, 9.17) is 16.6 Å². The van der Waals surface area contributed by atoms with Gasteiger partial charge >= 0.3 is 0 Å². The smallest absolute Gasteiger partial charge is 0.147 e. The summed E-state index contributed by atoms with van der Waals surface area (Å²) in [7, 11) is 0. The molecule has 1 aromatic heterocycles. The van der Waals surface area contributed by atoms with Gasteiger partial charge in [-0.3, -0.25) is 0 Å². The molecule has 0 spiro atoms. The average Bonchev–Trinajstić information content (AvgIpc) is 3.03. The van der Waals surface area contributed by atoms with Crippen molar-refractivity contribution in [3.05, 3.63) is 21.1 Å². The molecule has 5 heteroatoms. The van der Waals surface area contributed by atoms with Gasteiger partial charge in [-0.05, 0) is 41.6 Å². The lowest BCUT2D eigenvalue weighted by atomic mass is 10.0. The summed E-state index contributed by atoms with van der Waals surface area (Å²) in [6.45, 7) is 0. The molecule has 0 saturated heterocycles. The average molecular weight is 390 g/mol. The zero-order chi connectivity index (χ0) is 14.7. The third-order valence-corrected chi connectivity index (χ3v) is 7.28. The third kappa shape index (κ3) is 4.14. The second-order valence-corrected chi connectivity index (χ2v) is 8.62. The molecule has 0 unspecified atom stereocenters. The van der Waals surface area contributed by atoms with E-state index in [9.17, 15) is 0 Å². The molecule has 0 bridgehead atoms. The van der Waals surface area contributed by atoms with Crippen LogP contribution in [0.4, 0.5) is 0 Å². The van der Waals surface area contributed by atoms with E-state index in [1.807, 2.05) is 11.8 Å². The molecule has 1 heterocycles. The second kappa shape index (κ2) is 7.65. The van der Waals surface area contributed by atoms with Crippen LogP contribution in [0.1, 0.15) is 75.2 Å². The number of hydrogen-bond donors (Lipinski definition) is 0. The van der Waals surface area contributed by atoms with E-state index < -0.39 is 0 Å². The van der Waals surface area contributed by atoms with E-state index >= 15 is 0 Å². The molecule has 21 heavy (non-hydrogen) atoms. The molecule has 3 rings (SSSR count). The monoisotopic (exact) mass is 388 g/mol. The van der Waals surface area contributed by atoms with Crippen molar-refractivity contribution in [1.82, 2.24) is 9.97 Å². The Labute approximate surface area is 145 Å². The fraction of sp³-hybridized carbons (Fsp3) is 0.750. The Morgan fingerprint density at radius 3 is 2.38 bits per heavy atom. The number of nitrogens with zero attached hydrogens (tertiary/aromatic N) is 2. The van der Waals surface area contributed by atoms with E-state index in [2.05, 4.69) is 20.9 Å². The van der Waals surface area contributed by atoms with Crippen molar-refractivity contribution in [2.24, 2.45) is 0 Å². The van der Waals surface area contributed by atoms with Crippen LogP contribution in [0.25, 0.3) is 0 Å². The van der Waals surface area contributed by atoms with Crippen LogP contribution in [0.2, 0.25) is 5.15 Å². The first-order valence-electron chi connectivity index (χ1n) is 8.07. The molecule has 1 aromatic rings. The van der Waals surface area contributed by atoms with Gasteiger partial charge in [-0.2, -0.15) is 11.8 Å². The van der Waals surface area contributed by atoms with Gasteiger partial charge in [0.15, 0.2) is 0 Å². The number of rotatable bonds is 4. The molecule has 2 aliphatic carbocycles. The summed E-state index contributed by atoms with van der Waals surface area (Å²) < 4.78 is 0.919. The van der Waals surface area contributed by atoms with Crippen molar-refractivity contribution in [3.63, 3.8) is 0 Å². The van der Waals surface area contributed by atoms with Crippen molar-refractivity contribution in [1.29, 1.82) is 0 Å². The molecule has 0 N–H and O–H groups in total. The predicted octanol–water partition coefficient (Wildman–Crippen LogP) is 6.12. The Hall–Kier alpha value is 0.200. The lowest BCUT2D eigenvalue weighted by Gasteiger charge is -2.21. The Balaban J connectivity index is 1.69. The van der Waals surface area contributed by atoms with Gasteiger partial charge in [0, 0.05) is 11.2 Å². The number of hydrogen-bond acceptors (Lipinski definition) is 3. The maximum absolute atomic E-state index is 6.31. The zero-order valence-corrected chi connectivity index (χ0v) is 15.4. The summed E-state index contributed by atoms with van der Waals surface area (Å²) in [4.78, 5) is 9.31. The van der Waals surface area contributed by atoms with E-state index in [-0.39, 0.29) is 0 Å². The van der Waals surface area contributed by atoms with E-state index in [0.717, 1.165) is 27.0 Å². The minimum absolute atomic E-state index is 0.568. The van der Waals surface area contributed by atoms with E-state index in [1.54, 1.807) is 0 Å². The molecule has 0 amide bonds. The first kappa shape index (κ1) is 16.1. The summed E-state index contributed by atoms with van der Waals surface area (Å²) in [5.41, 5.74) is 1.15. The van der Waals surface area contributed by atoms with Crippen LogP contribution < -0.4 is 0 Å². The normalized spacial score (nSPS) is 21.0. The lowest BCUT2D eigenvalue weighted by Crippen LogP contribution is -2.10. The van der Waals surface area contributed by atoms with Crippen molar-refractivity contribution >= 4 is 39.3 Å². The number of thioether (sulfide) groups is 1. The highest BCUT2D eigenvalue weighted by atomic mass is 79.9. The van der Waals surface area contributed by atoms with Gasteiger partial charge < -0.3 is 0 Å². The summed E-state index contributed by atoms with van der Waals surface area (Å²) in [5.74, 6) is 2.39. The SMILES string of the molecule is Clc1nc(CSC2CCCCC2)nc(C2CCCC2)c1Br. The molecule has 116 valence electrons. The maximum Gasteiger partial charge on any atom is 0.147 e. The highest BCUT2D eigenvalue weighted by Crippen LogP contribution is 2.39. The molecular formula is C16H22BrClN2S. The Morgan fingerprint density at radius 2 is 1.67 bits per heavy atom. The molecular weight excluding hydrogens is 368 g/mol. The zero-order valence-electron chi connectivity index (χ0n) is 12.3. The fourth-order valence-electron chi connectivity index (χ4n) is 3.44. The maximum atomic E-state index is 6.31. The Morgan fingerprint density at radius 1 is 1.00 bits per heavy atom. The van der Waals surface area contributed by atoms with Crippen molar-refractivity contribution in [2.45, 2.75) is 74.7 Å². The third-order valence-electron chi connectivity index (χ3n) is 4.62. The minimum atomic E-state index is 0.568. The molecule has 0 aliphatic heterocycles. The van der Waals surface area contributed by atoms with Crippen molar-refractivity contribution < 1.29 is 0 Å². The molecule has 0 aromatic carbocycles. The van der Waals surface area contributed by atoms with Crippen LogP contribution in [-0.2, 0) is 5.75 Å². The highest BCUT2D eigenvalue weighted by molar-refractivity contribution is 9.10. The van der Waals surface area contributed by atoms with Crippen LogP contribution in [0.3, 0.4) is 0 Å². The standard InChI is InChI=1S/C16H22BrClN2S/c17-14-15(11-6-4-5-7-11)19-13(20-16(14)18)10-21-12-8-2-1-3-9-12/h11-12H,1-10H2. The highest BCUT2D eigenvalue weighted by Gasteiger charge is 2.24. The van der Waals surface area contributed by atoms with Crippen molar-refractivity contribution in [2.75, 3.05) is 0 Å². The molecule has 2 fully saturated rings. The number of aromatic nitrogens is 2. The molecule has 0 atom stereocenters. The van der Waals surface area contributed by atoms with Crippen molar-refractivity contribution in [3.8, 4) is 0 Å². The summed E-state index contributed by atoms with van der Waals surface area (Å²) in [6.07, 6.45) is 12.0. The summed E-state index contributed by atoms with van der Waals surface area (Å²) in [6, 6.07) is 0. The van der Waals surface area contributed by atoms with Crippen LogP contribution in [-0.4, -0.2) is 15.2 Å². The first-order valence-corrected chi connectivity index (χ1v) is 10.3. The predicted molar refractivity (Wildman–Crippen MR) is 94.1 cm³/mol. The molecule has 2 nitrogen and oxygen atoms in total. The van der Waals surface area contributed by atoms with Gasteiger partial charge in [0.05, 0.1) is 15.9 Å². The Kier molecular flexibility index (Phi) is 5.85. The largest absolute Gasteiger partial charge is 0.235 e. The first-order chi connectivity index (χ1) is 10.2. The van der Waals surface area contributed by atoms with Gasteiger partial charge in [0.1, 0.15) is 11.0 Å². The van der Waals surface area contributed by atoms with Crippen LogP contribution in [0, 0.1) is 0 Å². The lowest BCUT2D eigenvalue weighted by molar-refractivity contribution is 0.516. The van der Waals surface area contributed by atoms with Gasteiger partial charge in [0.25, 0.3) is 0 Å². The fourth-order valence-corrected chi connectivity index (χ4v) is 5.32. The van der Waals surface area contributed by atoms with E-state index in [0.29, 0.717) is 11.1 Å². The minimum Gasteiger partial charge on any atom is -0.235 e. The van der Waals surface area contributed by atoms with Crippen LogP contribution >= 0.6 is 39.3 Å². The second-order valence-electron chi connectivity index (χ2n) is 6.18. The summed E-state index contributed by atoms with van der Waals surface area (Å²) >= 11 is 11.9. The molecule has 2 saturated carbocycles. The van der Waals surface area contributed by atoms with Gasteiger partial charge in [-0.15, -0.1) is 0 Å². The van der Waals surface area contributed by atoms with Gasteiger partial charge in [0.2, 0.25) is 0 Å². The van der Waals surface area contributed by atoms with Gasteiger partial charge in [-0.25, -0.2) is 9.97 Å². The molecule has 0 radical (unpaired) electrons. The number of halogens is 2. The van der Waals surface area contributed by atoms with Crippen LogP contribution in [0.5, 0.6) is 0 Å². The van der Waals surface area contributed by atoms with Crippen LogP contribution in [0.15, 0.2) is 4.47 Å². The Bertz CT molecular complexity index is 485.